The highest BCUT2D eigenvalue weighted by Gasteiger charge is 2.26. The minimum atomic E-state index is -0.265. The van der Waals surface area contributed by atoms with E-state index < -0.39 is 0 Å². The van der Waals surface area contributed by atoms with E-state index in [1.54, 1.807) is 31.4 Å². The second kappa shape index (κ2) is 8.81. The lowest BCUT2D eigenvalue weighted by Gasteiger charge is -2.21. The molecule has 0 bridgehead atoms. The molecular formula is C24H21BrN2O4. The summed E-state index contributed by atoms with van der Waals surface area (Å²) in [6.45, 7) is 2.18. The molecule has 4 rings (SSSR count). The summed E-state index contributed by atoms with van der Waals surface area (Å²) in [7, 11) is 3.17. The molecule has 4 aromatic rings. The van der Waals surface area contributed by atoms with Crippen molar-refractivity contribution in [2.75, 3.05) is 19.1 Å². The van der Waals surface area contributed by atoms with Gasteiger partial charge < -0.3 is 13.9 Å². The molecule has 0 radical (unpaired) electrons. The standard InChI is InChI=1S/C24H21BrN2O4/c1-15-18-13-17(25)8-10-19(18)31-23(15)24(28)27(22-6-4-5-11-26-22)14-16-7-9-20(29-2)21(12-16)30-3/h4-13H,14H2,1-3H3. The number of methoxy groups -OCH3 is 2. The first-order chi connectivity index (χ1) is 15.0. The smallest absolute Gasteiger partial charge is 0.295 e. The zero-order valence-electron chi connectivity index (χ0n) is 17.4. The number of hydrogen-bond acceptors (Lipinski definition) is 5. The molecule has 0 fully saturated rings. The normalized spacial score (nSPS) is 10.8. The summed E-state index contributed by atoms with van der Waals surface area (Å²) in [5, 5.41) is 0.893. The van der Waals surface area contributed by atoms with Crippen molar-refractivity contribution in [3.8, 4) is 11.5 Å². The van der Waals surface area contributed by atoms with Crippen LogP contribution in [0.5, 0.6) is 11.5 Å². The number of hydrogen-bond donors (Lipinski definition) is 0. The second-order valence-electron chi connectivity index (χ2n) is 6.97. The fourth-order valence-corrected chi connectivity index (χ4v) is 3.81. The fourth-order valence-electron chi connectivity index (χ4n) is 3.45. The van der Waals surface area contributed by atoms with Crippen LogP contribution in [0.2, 0.25) is 0 Å². The summed E-state index contributed by atoms with van der Waals surface area (Å²) in [6.07, 6.45) is 1.66. The van der Waals surface area contributed by atoms with Crippen LogP contribution in [0.4, 0.5) is 5.82 Å². The second-order valence-corrected chi connectivity index (χ2v) is 7.88. The van der Waals surface area contributed by atoms with Crippen molar-refractivity contribution in [2.24, 2.45) is 0 Å². The van der Waals surface area contributed by atoms with Crippen LogP contribution in [-0.2, 0) is 6.54 Å². The molecule has 1 amide bonds. The molecule has 0 unspecified atom stereocenters. The van der Waals surface area contributed by atoms with E-state index in [4.69, 9.17) is 13.9 Å². The van der Waals surface area contributed by atoms with Gasteiger partial charge in [-0.15, -0.1) is 0 Å². The number of carbonyl (C=O) groups excluding carboxylic acids is 1. The third-order valence-corrected chi connectivity index (χ3v) is 5.55. The van der Waals surface area contributed by atoms with E-state index in [-0.39, 0.29) is 12.5 Å². The maximum atomic E-state index is 13.6. The van der Waals surface area contributed by atoms with Gasteiger partial charge in [-0.25, -0.2) is 4.98 Å². The van der Waals surface area contributed by atoms with Crippen molar-refractivity contribution in [3.05, 3.63) is 82.2 Å². The zero-order valence-corrected chi connectivity index (χ0v) is 19.0. The molecule has 0 aliphatic heterocycles. The summed E-state index contributed by atoms with van der Waals surface area (Å²) in [5.41, 5.74) is 2.32. The Balaban J connectivity index is 1.76. The van der Waals surface area contributed by atoms with Gasteiger partial charge in [0, 0.05) is 21.6 Å². The monoisotopic (exact) mass is 480 g/mol. The van der Waals surface area contributed by atoms with Crippen molar-refractivity contribution >= 4 is 38.6 Å². The Bertz CT molecular complexity index is 1240. The number of pyridine rings is 1. The number of anilines is 1. The van der Waals surface area contributed by atoms with Crippen molar-refractivity contribution in [3.63, 3.8) is 0 Å². The molecule has 0 aliphatic rings. The lowest BCUT2D eigenvalue weighted by molar-refractivity contribution is 0.0959. The molecule has 6 nitrogen and oxygen atoms in total. The summed E-state index contributed by atoms with van der Waals surface area (Å²) in [5.74, 6) is 1.78. The van der Waals surface area contributed by atoms with Crippen LogP contribution in [0, 0.1) is 6.92 Å². The third-order valence-electron chi connectivity index (χ3n) is 5.05. The first-order valence-electron chi connectivity index (χ1n) is 9.64. The van der Waals surface area contributed by atoms with Gasteiger partial charge in [0.15, 0.2) is 17.3 Å². The lowest BCUT2D eigenvalue weighted by Crippen LogP contribution is -2.31. The number of aromatic nitrogens is 1. The molecule has 0 atom stereocenters. The molecule has 2 aromatic heterocycles. The van der Waals surface area contributed by atoms with Crippen LogP contribution in [0.3, 0.4) is 0 Å². The molecular weight excluding hydrogens is 460 g/mol. The largest absolute Gasteiger partial charge is 0.493 e. The molecule has 2 heterocycles. The van der Waals surface area contributed by atoms with Gasteiger partial charge in [0.1, 0.15) is 11.4 Å². The molecule has 0 saturated heterocycles. The van der Waals surface area contributed by atoms with Crippen molar-refractivity contribution in [2.45, 2.75) is 13.5 Å². The predicted molar refractivity (Wildman–Crippen MR) is 123 cm³/mol. The Morgan fingerprint density at radius 2 is 1.87 bits per heavy atom. The number of halogens is 1. The topological polar surface area (TPSA) is 64.8 Å². The van der Waals surface area contributed by atoms with E-state index in [1.165, 1.54) is 0 Å². The fraction of sp³-hybridized carbons (Fsp3) is 0.167. The molecule has 0 spiro atoms. The number of aryl methyl sites for hydroxylation is 1. The highest BCUT2D eigenvalue weighted by Crippen LogP contribution is 2.32. The van der Waals surface area contributed by atoms with Gasteiger partial charge >= 0.3 is 0 Å². The van der Waals surface area contributed by atoms with E-state index in [2.05, 4.69) is 20.9 Å². The minimum absolute atomic E-state index is 0.265. The highest BCUT2D eigenvalue weighted by atomic mass is 79.9. The maximum absolute atomic E-state index is 13.6. The average molecular weight is 481 g/mol. The van der Waals surface area contributed by atoms with E-state index in [0.29, 0.717) is 28.7 Å². The van der Waals surface area contributed by atoms with Crippen molar-refractivity contribution < 1.29 is 18.7 Å². The van der Waals surface area contributed by atoms with E-state index in [1.807, 2.05) is 55.5 Å². The number of ether oxygens (including phenoxy) is 2. The first kappa shape index (κ1) is 20.9. The molecule has 7 heteroatoms. The Morgan fingerprint density at radius 3 is 2.58 bits per heavy atom. The van der Waals surface area contributed by atoms with Gasteiger partial charge in [-0.05, 0) is 55.0 Å². The zero-order chi connectivity index (χ0) is 22.0. The number of furan rings is 1. The van der Waals surface area contributed by atoms with Gasteiger partial charge in [-0.2, -0.15) is 0 Å². The van der Waals surface area contributed by atoms with Crippen LogP contribution in [0.1, 0.15) is 21.7 Å². The molecule has 2 aromatic carbocycles. The Kier molecular flexibility index (Phi) is 5.95. The maximum Gasteiger partial charge on any atom is 0.295 e. The molecule has 0 N–H and O–H groups in total. The molecule has 158 valence electrons. The molecule has 0 aliphatic carbocycles. The van der Waals surface area contributed by atoms with E-state index in [9.17, 15) is 4.79 Å². The van der Waals surface area contributed by atoms with Gasteiger partial charge in [0.05, 0.1) is 20.8 Å². The van der Waals surface area contributed by atoms with E-state index in [0.717, 1.165) is 21.0 Å². The summed E-state index contributed by atoms with van der Waals surface area (Å²) in [6, 6.07) is 16.7. The lowest BCUT2D eigenvalue weighted by atomic mass is 10.1. The third kappa shape index (κ3) is 4.14. The van der Waals surface area contributed by atoms with Gasteiger partial charge in [-0.1, -0.05) is 28.1 Å². The van der Waals surface area contributed by atoms with Crippen molar-refractivity contribution in [1.29, 1.82) is 0 Å². The SMILES string of the molecule is COc1ccc(CN(C(=O)c2oc3ccc(Br)cc3c2C)c2ccccn2)cc1OC. The Morgan fingerprint density at radius 1 is 1.06 bits per heavy atom. The quantitative estimate of drug-likeness (QED) is 0.350. The minimum Gasteiger partial charge on any atom is -0.493 e. The molecule has 31 heavy (non-hydrogen) atoms. The Hall–Kier alpha value is -3.32. The number of nitrogens with zero attached hydrogens (tertiary/aromatic N) is 2. The number of amides is 1. The van der Waals surface area contributed by atoms with Crippen LogP contribution in [-0.4, -0.2) is 25.1 Å². The van der Waals surface area contributed by atoms with Gasteiger partial charge in [0.2, 0.25) is 0 Å². The summed E-state index contributed by atoms with van der Waals surface area (Å²) < 4.78 is 17.6. The van der Waals surface area contributed by atoms with Crippen LogP contribution in [0.15, 0.2) is 69.7 Å². The van der Waals surface area contributed by atoms with Gasteiger partial charge in [0.25, 0.3) is 5.91 Å². The van der Waals surface area contributed by atoms with Crippen LogP contribution < -0.4 is 14.4 Å². The summed E-state index contributed by atoms with van der Waals surface area (Å²) >= 11 is 3.48. The van der Waals surface area contributed by atoms with Crippen LogP contribution >= 0.6 is 15.9 Å². The molecule has 0 saturated carbocycles. The average Bonchev–Trinajstić information content (AvgIpc) is 3.13. The van der Waals surface area contributed by atoms with Gasteiger partial charge in [-0.3, -0.25) is 9.69 Å². The highest BCUT2D eigenvalue weighted by molar-refractivity contribution is 9.10. The first-order valence-corrected chi connectivity index (χ1v) is 10.4. The number of benzene rings is 2. The van der Waals surface area contributed by atoms with E-state index >= 15 is 0 Å². The summed E-state index contributed by atoms with van der Waals surface area (Å²) in [4.78, 5) is 19.6. The number of fused-ring (bicyclic) bond motifs is 1. The predicted octanol–water partition coefficient (Wildman–Crippen LogP) is 5.76. The number of carbonyl (C=O) groups is 1. The Labute approximate surface area is 188 Å². The van der Waals surface area contributed by atoms with Crippen molar-refractivity contribution in [1.82, 2.24) is 4.98 Å². The number of rotatable bonds is 6. The van der Waals surface area contributed by atoms with Crippen LogP contribution in [0.25, 0.3) is 11.0 Å².